The fourth-order valence-corrected chi connectivity index (χ4v) is 4.06. The summed E-state index contributed by atoms with van der Waals surface area (Å²) in [4.78, 5) is 21.3. The molecule has 0 aromatic carbocycles. The van der Waals surface area contributed by atoms with Crippen molar-refractivity contribution >= 4 is 5.91 Å². The van der Waals surface area contributed by atoms with Crippen molar-refractivity contribution in [2.45, 2.75) is 32.1 Å². The van der Waals surface area contributed by atoms with Crippen molar-refractivity contribution in [1.82, 2.24) is 14.8 Å². The van der Waals surface area contributed by atoms with Gasteiger partial charge in [0.1, 0.15) is 0 Å². The molecule has 1 aromatic rings. The van der Waals surface area contributed by atoms with E-state index < -0.39 is 0 Å². The fraction of sp³-hybridized carbons (Fsp3) is 0.667. The van der Waals surface area contributed by atoms with Gasteiger partial charge in [-0.15, -0.1) is 0 Å². The van der Waals surface area contributed by atoms with Gasteiger partial charge in [-0.25, -0.2) is 0 Å². The van der Waals surface area contributed by atoms with Crippen LogP contribution in [0.3, 0.4) is 0 Å². The van der Waals surface area contributed by atoms with Gasteiger partial charge in [-0.2, -0.15) is 0 Å². The highest BCUT2D eigenvalue weighted by Gasteiger charge is 2.42. The topological polar surface area (TPSA) is 36.4 Å². The Balaban J connectivity index is 1.35. The first-order valence-corrected chi connectivity index (χ1v) is 8.66. The molecule has 0 unspecified atom stereocenters. The van der Waals surface area contributed by atoms with Crippen LogP contribution in [0, 0.1) is 11.3 Å². The van der Waals surface area contributed by atoms with Crippen molar-refractivity contribution in [3.8, 4) is 0 Å². The van der Waals surface area contributed by atoms with Crippen LogP contribution in [0.4, 0.5) is 0 Å². The number of likely N-dealkylation sites (tertiary alicyclic amines) is 2. The molecule has 0 atom stereocenters. The minimum atomic E-state index is 0.158. The number of aromatic nitrogens is 1. The average molecular weight is 299 g/mol. The fourth-order valence-electron chi connectivity index (χ4n) is 4.06. The third-order valence-electron chi connectivity index (χ3n) is 5.76. The Morgan fingerprint density at radius 1 is 1.23 bits per heavy atom. The summed E-state index contributed by atoms with van der Waals surface area (Å²) in [6, 6.07) is 3.72. The maximum absolute atomic E-state index is 12.6. The van der Waals surface area contributed by atoms with Crippen LogP contribution in [0.25, 0.3) is 0 Å². The van der Waals surface area contributed by atoms with Crippen LogP contribution in [0.15, 0.2) is 24.5 Å². The molecule has 1 amide bonds. The lowest BCUT2D eigenvalue weighted by atomic mass is 9.77. The van der Waals surface area contributed by atoms with Crippen LogP contribution in [0.5, 0.6) is 0 Å². The van der Waals surface area contributed by atoms with Gasteiger partial charge < -0.3 is 9.80 Å². The normalized spacial score (nSPS) is 24.8. The predicted molar refractivity (Wildman–Crippen MR) is 85.6 cm³/mol. The van der Waals surface area contributed by atoms with Crippen LogP contribution in [-0.2, 0) is 0 Å². The Labute approximate surface area is 132 Å². The van der Waals surface area contributed by atoms with Gasteiger partial charge in [0.25, 0.3) is 5.91 Å². The van der Waals surface area contributed by atoms with Gasteiger partial charge in [-0.05, 0) is 68.7 Å². The number of piperidine rings is 1. The molecule has 2 saturated heterocycles. The Morgan fingerprint density at radius 2 is 2.00 bits per heavy atom. The second kappa shape index (κ2) is 5.65. The zero-order valence-corrected chi connectivity index (χ0v) is 13.2. The summed E-state index contributed by atoms with van der Waals surface area (Å²) < 4.78 is 0. The van der Waals surface area contributed by atoms with E-state index in [9.17, 15) is 4.79 Å². The van der Waals surface area contributed by atoms with Crippen molar-refractivity contribution in [1.29, 1.82) is 0 Å². The minimum Gasteiger partial charge on any atom is -0.338 e. The number of pyridine rings is 1. The number of carbonyl (C=O) groups is 1. The highest BCUT2D eigenvalue weighted by atomic mass is 16.2. The van der Waals surface area contributed by atoms with E-state index in [0.29, 0.717) is 5.41 Å². The largest absolute Gasteiger partial charge is 0.338 e. The lowest BCUT2D eigenvalue weighted by molar-refractivity contribution is 0.0716. The van der Waals surface area contributed by atoms with Crippen molar-refractivity contribution in [3.05, 3.63) is 30.1 Å². The van der Waals surface area contributed by atoms with Crippen LogP contribution < -0.4 is 0 Å². The van der Waals surface area contributed by atoms with Gasteiger partial charge in [0, 0.05) is 32.0 Å². The predicted octanol–water partition coefficient (Wildman–Crippen LogP) is 2.42. The van der Waals surface area contributed by atoms with E-state index in [1.165, 1.54) is 51.7 Å². The molecule has 2 aliphatic heterocycles. The molecular formula is C18H25N3O. The van der Waals surface area contributed by atoms with E-state index in [-0.39, 0.29) is 5.91 Å². The molecule has 4 rings (SSSR count). The van der Waals surface area contributed by atoms with E-state index in [2.05, 4.69) is 9.88 Å². The Morgan fingerprint density at radius 3 is 2.68 bits per heavy atom. The smallest absolute Gasteiger partial charge is 0.255 e. The van der Waals surface area contributed by atoms with Gasteiger partial charge in [0.05, 0.1) is 5.56 Å². The first-order valence-electron chi connectivity index (χ1n) is 8.66. The highest BCUT2D eigenvalue weighted by Crippen LogP contribution is 2.41. The maximum Gasteiger partial charge on any atom is 0.255 e. The number of nitrogens with zero attached hydrogens (tertiary/aromatic N) is 3. The van der Waals surface area contributed by atoms with E-state index in [0.717, 1.165) is 24.6 Å². The molecule has 4 heteroatoms. The van der Waals surface area contributed by atoms with Crippen LogP contribution >= 0.6 is 0 Å². The van der Waals surface area contributed by atoms with Gasteiger partial charge in [0.2, 0.25) is 0 Å². The molecule has 0 radical (unpaired) electrons. The van der Waals surface area contributed by atoms with E-state index >= 15 is 0 Å². The van der Waals surface area contributed by atoms with Gasteiger partial charge in [-0.3, -0.25) is 9.78 Å². The number of hydrogen-bond donors (Lipinski definition) is 0. The molecule has 1 aromatic heterocycles. The monoisotopic (exact) mass is 299 g/mol. The van der Waals surface area contributed by atoms with E-state index in [4.69, 9.17) is 0 Å². The van der Waals surface area contributed by atoms with Crippen molar-refractivity contribution in [2.24, 2.45) is 11.3 Å². The second-order valence-corrected chi connectivity index (χ2v) is 7.46. The number of rotatable bonds is 3. The standard InChI is InChI=1S/C18H25N3O/c22-17(16-2-1-8-19-12-16)21-11-7-18(14-21)5-9-20(10-6-18)13-15-3-4-15/h1-2,8,12,15H,3-7,9-11,13-14H2. The Bertz CT molecular complexity index is 533. The molecule has 1 saturated carbocycles. The summed E-state index contributed by atoms with van der Waals surface area (Å²) in [5, 5.41) is 0. The molecule has 0 bridgehead atoms. The molecule has 3 aliphatic rings. The lowest BCUT2D eigenvalue weighted by Crippen LogP contribution is -2.42. The van der Waals surface area contributed by atoms with Crippen molar-refractivity contribution < 1.29 is 4.79 Å². The quantitative estimate of drug-likeness (QED) is 0.860. The van der Waals surface area contributed by atoms with Crippen LogP contribution in [-0.4, -0.2) is 53.4 Å². The molecule has 118 valence electrons. The molecule has 1 spiro atoms. The number of amides is 1. The third-order valence-corrected chi connectivity index (χ3v) is 5.76. The lowest BCUT2D eigenvalue weighted by Gasteiger charge is -2.39. The van der Waals surface area contributed by atoms with E-state index in [1.54, 1.807) is 12.4 Å². The molecule has 22 heavy (non-hydrogen) atoms. The maximum atomic E-state index is 12.6. The van der Waals surface area contributed by atoms with Crippen LogP contribution in [0.1, 0.15) is 42.5 Å². The summed E-state index contributed by atoms with van der Waals surface area (Å²) in [5.41, 5.74) is 1.11. The highest BCUT2D eigenvalue weighted by molar-refractivity contribution is 5.94. The zero-order valence-electron chi connectivity index (χ0n) is 13.2. The first-order chi connectivity index (χ1) is 10.7. The summed E-state index contributed by atoms with van der Waals surface area (Å²) >= 11 is 0. The first kappa shape index (κ1) is 14.2. The summed E-state index contributed by atoms with van der Waals surface area (Å²) in [7, 11) is 0. The molecule has 3 heterocycles. The van der Waals surface area contributed by atoms with Crippen LogP contribution in [0.2, 0.25) is 0 Å². The summed E-state index contributed by atoms with van der Waals surface area (Å²) in [6.45, 7) is 5.62. The Kier molecular flexibility index (Phi) is 3.65. The van der Waals surface area contributed by atoms with Gasteiger partial charge in [-0.1, -0.05) is 0 Å². The summed E-state index contributed by atoms with van der Waals surface area (Å²) in [5.74, 6) is 1.15. The zero-order chi connectivity index (χ0) is 15.0. The molecule has 0 N–H and O–H groups in total. The van der Waals surface area contributed by atoms with E-state index in [1.807, 2.05) is 17.0 Å². The molecule has 1 aliphatic carbocycles. The molecule has 4 nitrogen and oxygen atoms in total. The van der Waals surface area contributed by atoms with Crippen molar-refractivity contribution in [2.75, 3.05) is 32.7 Å². The third kappa shape index (κ3) is 2.89. The molecule has 3 fully saturated rings. The Hall–Kier alpha value is -1.42. The minimum absolute atomic E-state index is 0.158. The summed E-state index contributed by atoms with van der Waals surface area (Å²) in [6.07, 6.45) is 9.98. The van der Waals surface area contributed by atoms with Gasteiger partial charge in [0.15, 0.2) is 0 Å². The SMILES string of the molecule is O=C(c1cccnc1)N1CCC2(CCN(CC3CC3)CC2)C1. The second-order valence-electron chi connectivity index (χ2n) is 7.46. The molecular weight excluding hydrogens is 274 g/mol. The number of hydrogen-bond acceptors (Lipinski definition) is 3. The average Bonchev–Trinajstić information content (AvgIpc) is 3.29. The number of carbonyl (C=O) groups excluding carboxylic acids is 1. The van der Waals surface area contributed by atoms with Crippen molar-refractivity contribution in [3.63, 3.8) is 0 Å². The van der Waals surface area contributed by atoms with Gasteiger partial charge >= 0.3 is 0 Å².